The molecule has 0 unspecified atom stereocenters. The van der Waals surface area contributed by atoms with Crippen molar-refractivity contribution in [2.45, 2.75) is 19.0 Å². The Labute approximate surface area is 112 Å². The highest BCUT2D eigenvalue weighted by Crippen LogP contribution is 2.16. The zero-order valence-corrected chi connectivity index (χ0v) is 11.4. The van der Waals surface area contributed by atoms with Crippen molar-refractivity contribution < 1.29 is 17.9 Å². The van der Waals surface area contributed by atoms with E-state index in [1.54, 1.807) is 0 Å². The summed E-state index contributed by atoms with van der Waals surface area (Å²) in [4.78, 5) is 2.17. The molecule has 0 aromatic carbocycles. The van der Waals surface area contributed by atoms with Gasteiger partial charge in [0.1, 0.15) is 6.61 Å². The highest BCUT2D eigenvalue weighted by atomic mass is 35.5. The predicted molar refractivity (Wildman–Crippen MR) is 67.2 cm³/mol. The van der Waals surface area contributed by atoms with Gasteiger partial charge in [-0.15, -0.1) is 12.4 Å². The summed E-state index contributed by atoms with van der Waals surface area (Å²) in [5, 5.41) is 3.15. The number of nitrogens with one attached hydrogen (secondary N) is 1. The Hall–Kier alpha value is -0.0400. The summed E-state index contributed by atoms with van der Waals surface area (Å²) in [5.74, 6) is 0.701. The van der Waals surface area contributed by atoms with Crippen molar-refractivity contribution in [3.8, 4) is 0 Å². The van der Waals surface area contributed by atoms with Crippen LogP contribution in [0.25, 0.3) is 0 Å². The van der Waals surface area contributed by atoms with Crippen molar-refractivity contribution in [3.05, 3.63) is 0 Å². The predicted octanol–water partition coefficient (Wildman–Crippen LogP) is 1.92. The molecule has 0 saturated carbocycles. The van der Waals surface area contributed by atoms with Crippen LogP contribution in [0.4, 0.5) is 13.2 Å². The minimum Gasteiger partial charge on any atom is -0.371 e. The Morgan fingerprint density at radius 3 is 2.39 bits per heavy atom. The molecule has 0 aromatic heterocycles. The second kappa shape index (κ2) is 8.96. The van der Waals surface area contributed by atoms with Gasteiger partial charge in [0.05, 0.1) is 6.61 Å². The molecule has 0 atom stereocenters. The molecule has 1 rings (SSSR count). The lowest BCUT2D eigenvalue weighted by Crippen LogP contribution is -2.38. The topological polar surface area (TPSA) is 24.5 Å². The zero-order chi connectivity index (χ0) is 12.7. The van der Waals surface area contributed by atoms with Crippen LogP contribution in [0.3, 0.4) is 0 Å². The molecule has 1 aliphatic heterocycles. The summed E-state index contributed by atoms with van der Waals surface area (Å²) < 4.78 is 40.0. The number of hydrogen-bond acceptors (Lipinski definition) is 3. The van der Waals surface area contributed by atoms with Crippen LogP contribution in [0.5, 0.6) is 0 Å². The van der Waals surface area contributed by atoms with Crippen LogP contribution in [0, 0.1) is 5.92 Å². The van der Waals surface area contributed by atoms with Gasteiger partial charge in [-0.2, -0.15) is 13.2 Å². The second-order valence-corrected chi connectivity index (χ2v) is 4.51. The van der Waals surface area contributed by atoms with E-state index in [1.807, 2.05) is 7.05 Å². The molecular formula is C11H22ClF3N2O. The molecular weight excluding hydrogens is 269 g/mol. The fourth-order valence-electron chi connectivity index (χ4n) is 2.08. The van der Waals surface area contributed by atoms with Crippen LogP contribution < -0.4 is 5.32 Å². The van der Waals surface area contributed by atoms with Gasteiger partial charge in [-0.1, -0.05) is 0 Å². The molecule has 1 fully saturated rings. The van der Waals surface area contributed by atoms with Crippen molar-refractivity contribution in [2.24, 2.45) is 5.92 Å². The lowest BCUT2D eigenvalue weighted by atomic mass is 9.97. The Morgan fingerprint density at radius 2 is 1.89 bits per heavy atom. The van der Waals surface area contributed by atoms with Crippen LogP contribution in [0.15, 0.2) is 0 Å². The lowest BCUT2D eigenvalue weighted by molar-refractivity contribution is -0.174. The molecule has 1 heterocycles. The average molecular weight is 291 g/mol. The third kappa shape index (κ3) is 8.13. The van der Waals surface area contributed by atoms with E-state index in [0.717, 1.165) is 32.5 Å². The molecule has 0 bridgehead atoms. The first-order valence-electron chi connectivity index (χ1n) is 6.02. The SMILES string of the molecule is CNCC1CCN(CCOCC(F)(F)F)CC1.Cl. The minimum atomic E-state index is -4.21. The summed E-state index contributed by atoms with van der Waals surface area (Å²) in [5.41, 5.74) is 0. The summed E-state index contributed by atoms with van der Waals surface area (Å²) in [6, 6.07) is 0. The normalized spacial score (nSPS) is 18.7. The maximum Gasteiger partial charge on any atom is 0.411 e. The van der Waals surface area contributed by atoms with Gasteiger partial charge in [0.15, 0.2) is 0 Å². The maximum atomic E-state index is 11.8. The molecule has 110 valence electrons. The van der Waals surface area contributed by atoms with Crippen molar-refractivity contribution in [1.29, 1.82) is 0 Å². The van der Waals surface area contributed by atoms with Gasteiger partial charge < -0.3 is 15.0 Å². The highest BCUT2D eigenvalue weighted by Gasteiger charge is 2.27. The number of nitrogens with zero attached hydrogens (tertiary/aromatic N) is 1. The molecule has 3 nitrogen and oxygen atoms in total. The third-order valence-corrected chi connectivity index (χ3v) is 3.02. The van der Waals surface area contributed by atoms with Crippen LogP contribution in [-0.2, 0) is 4.74 Å². The van der Waals surface area contributed by atoms with E-state index in [2.05, 4.69) is 15.0 Å². The molecule has 7 heteroatoms. The number of piperidine rings is 1. The fraction of sp³-hybridized carbons (Fsp3) is 1.00. The fourth-order valence-corrected chi connectivity index (χ4v) is 2.08. The lowest BCUT2D eigenvalue weighted by Gasteiger charge is -2.31. The quantitative estimate of drug-likeness (QED) is 0.757. The number of likely N-dealkylation sites (tertiary alicyclic amines) is 1. The first-order chi connectivity index (χ1) is 8.01. The van der Waals surface area contributed by atoms with Crippen molar-refractivity contribution in [3.63, 3.8) is 0 Å². The highest BCUT2D eigenvalue weighted by molar-refractivity contribution is 5.85. The monoisotopic (exact) mass is 290 g/mol. The Balaban J connectivity index is 0.00000289. The summed E-state index contributed by atoms with van der Waals surface area (Å²) in [7, 11) is 1.94. The van der Waals surface area contributed by atoms with Gasteiger partial charge in [-0.25, -0.2) is 0 Å². The number of alkyl halides is 3. The van der Waals surface area contributed by atoms with Crippen molar-refractivity contribution in [2.75, 3.05) is 46.4 Å². The molecule has 0 aromatic rings. The van der Waals surface area contributed by atoms with Crippen LogP contribution in [0.1, 0.15) is 12.8 Å². The van der Waals surface area contributed by atoms with Crippen molar-refractivity contribution in [1.82, 2.24) is 10.2 Å². The number of rotatable bonds is 6. The number of hydrogen-bond donors (Lipinski definition) is 1. The van der Waals surface area contributed by atoms with Gasteiger partial charge >= 0.3 is 6.18 Å². The molecule has 1 aliphatic rings. The van der Waals surface area contributed by atoms with E-state index in [1.165, 1.54) is 0 Å². The van der Waals surface area contributed by atoms with E-state index < -0.39 is 12.8 Å². The largest absolute Gasteiger partial charge is 0.411 e. The number of halogens is 4. The zero-order valence-electron chi connectivity index (χ0n) is 10.6. The van der Waals surface area contributed by atoms with Crippen LogP contribution in [0.2, 0.25) is 0 Å². The van der Waals surface area contributed by atoms with Crippen LogP contribution >= 0.6 is 12.4 Å². The number of ether oxygens (including phenoxy) is 1. The van der Waals surface area contributed by atoms with Gasteiger partial charge in [-0.05, 0) is 45.4 Å². The summed E-state index contributed by atoms with van der Waals surface area (Å²) in [6.45, 7) is 2.57. The van der Waals surface area contributed by atoms with Gasteiger partial charge in [0.2, 0.25) is 0 Å². The van der Waals surface area contributed by atoms with E-state index in [-0.39, 0.29) is 19.0 Å². The molecule has 1 N–H and O–H groups in total. The second-order valence-electron chi connectivity index (χ2n) is 4.51. The third-order valence-electron chi connectivity index (χ3n) is 3.02. The average Bonchev–Trinajstić information content (AvgIpc) is 2.26. The molecule has 0 radical (unpaired) electrons. The first-order valence-corrected chi connectivity index (χ1v) is 6.02. The Kier molecular flexibility index (Phi) is 8.94. The van der Waals surface area contributed by atoms with E-state index in [9.17, 15) is 13.2 Å². The standard InChI is InChI=1S/C11H21F3N2O.ClH/c1-15-8-10-2-4-16(5-3-10)6-7-17-9-11(12,13)14;/h10,15H,2-9H2,1H3;1H. The smallest absolute Gasteiger partial charge is 0.371 e. The Bertz CT molecular complexity index is 209. The molecule has 1 saturated heterocycles. The van der Waals surface area contributed by atoms with Gasteiger partial charge in [-0.3, -0.25) is 0 Å². The molecule has 18 heavy (non-hydrogen) atoms. The van der Waals surface area contributed by atoms with E-state index in [4.69, 9.17) is 0 Å². The molecule has 0 spiro atoms. The molecule has 0 amide bonds. The minimum absolute atomic E-state index is 0. The van der Waals surface area contributed by atoms with Crippen molar-refractivity contribution >= 4 is 12.4 Å². The Morgan fingerprint density at radius 1 is 1.28 bits per heavy atom. The summed E-state index contributed by atoms with van der Waals surface area (Å²) in [6.07, 6.45) is -1.99. The maximum absolute atomic E-state index is 11.8. The van der Waals surface area contributed by atoms with Gasteiger partial charge in [0.25, 0.3) is 0 Å². The van der Waals surface area contributed by atoms with Crippen LogP contribution in [-0.4, -0.2) is 57.5 Å². The van der Waals surface area contributed by atoms with Gasteiger partial charge in [0, 0.05) is 6.54 Å². The van der Waals surface area contributed by atoms with E-state index in [0.29, 0.717) is 12.5 Å². The first kappa shape index (κ1) is 18.0. The molecule has 0 aliphatic carbocycles. The summed E-state index contributed by atoms with van der Waals surface area (Å²) >= 11 is 0. The van der Waals surface area contributed by atoms with E-state index >= 15 is 0 Å².